The number of aromatic nitrogens is 3. The summed E-state index contributed by atoms with van der Waals surface area (Å²) < 4.78 is 7.57. The standard InChI is InChI=1S/C16H21N5O2S/c22-16(20-3-1-15-13(7-20)2-6-24-15)10-19-4-5-23-14(8-19)9-21-12-17-11-18-21/h2,6,11-12,14H,1,3-5,7-10H2/t14-/m0/s1. The third kappa shape index (κ3) is 3.50. The lowest BCUT2D eigenvalue weighted by molar-refractivity contribution is -0.135. The maximum atomic E-state index is 12.6. The molecule has 0 saturated carbocycles. The molecular weight excluding hydrogens is 326 g/mol. The van der Waals surface area contributed by atoms with Gasteiger partial charge in [-0.3, -0.25) is 14.4 Å². The van der Waals surface area contributed by atoms with E-state index < -0.39 is 0 Å². The molecule has 2 aliphatic heterocycles. The summed E-state index contributed by atoms with van der Waals surface area (Å²) in [5.74, 6) is 0.216. The summed E-state index contributed by atoms with van der Waals surface area (Å²) in [5, 5.41) is 6.24. The van der Waals surface area contributed by atoms with E-state index in [-0.39, 0.29) is 12.0 Å². The van der Waals surface area contributed by atoms with Gasteiger partial charge in [-0.05, 0) is 23.4 Å². The fourth-order valence-corrected chi connectivity index (χ4v) is 4.21. The highest BCUT2D eigenvalue weighted by atomic mass is 32.1. The van der Waals surface area contributed by atoms with E-state index in [0.29, 0.717) is 19.7 Å². The van der Waals surface area contributed by atoms with Crippen LogP contribution < -0.4 is 0 Å². The maximum absolute atomic E-state index is 12.6. The van der Waals surface area contributed by atoms with Gasteiger partial charge in [0, 0.05) is 31.1 Å². The molecule has 8 heteroatoms. The quantitative estimate of drug-likeness (QED) is 0.812. The van der Waals surface area contributed by atoms with E-state index in [9.17, 15) is 4.79 Å². The lowest BCUT2D eigenvalue weighted by Gasteiger charge is -2.34. The minimum absolute atomic E-state index is 0.0538. The number of ether oxygens (including phenoxy) is 1. The van der Waals surface area contributed by atoms with Crippen LogP contribution in [0.15, 0.2) is 24.1 Å². The first-order valence-corrected chi connectivity index (χ1v) is 9.15. The van der Waals surface area contributed by atoms with E-state index in [2.05, 4.69) is 26.4 Å². The number of amides is 1. The second-order valence-electron chi connectivity index (χ2n) is 6.28. The minimum atomic E-state index is 0.0538. The Morgan fingerprint density at radius 3 is 3.25 bits per heavy atom. The number of carbonyl (C=O) groups excluding carboxylic acids is 1. The van der Waals surface area contributed by atoms with E-state index in [1.54, 1.807) is 22.3 Å². The summed E-state index contributed by atoms with van der Waals surface area (Å²) in [6, 6.07) is 2.14. The average molecular weight is 347 g/mol. The first-order valence-electron chi connectivity index (χ1n) is 8.27. The molecule has 1 saturated heterocycles. The Hall–Kier alpha value is -1.77. The predicted octanol–water partition coefficient (Wildman–Crippen LogP) is 0.625. The first kappa shape index (κ1) is 15.7. The van der Waals surface area contributed by atoms with Gasteiger partial charge in [-0.2, -0.15) is 5.10 Å². The van der Waals surface area contributed by atoms with Crippen molar-refractivity contribution in [3.05, 3.63) is 34.5 Å². The fraction of sp³-hybridized carbons (Fsp3) is 0.562. The lowest BCUT2D eigenvalue weighted by atomic mass is 10.1. The predicted molar refractivity (Wildman–Crippen MR) is 89.6 cm³/mol. The van der Waals surface area contributed by atoms with Crippen LogP contribution in [-0.2, 0) is 29.0 Å². The van der Waals surface area contributed by atoms with Crippen LogP contribution in [-0.4, -0.2) is 69.4 Å². The van der Waals surface area contributed by atoms with E-state index in [1.807, 2.05) is 4.90 Å². The van der Waals surface area contributed by atoms with Crippen molar-refractivity contribution in [1.29, 1.82) is 0 Å². The van der Waals surface area contributed by atoms with Crippen LogP contribution in [0.25, 0.3) is 0 Å². The maximum Gasteiger partial charge on any atom is 0.237 e. The van der Waals surface area contributed by atoms with Gasteiger partial charge in [0.25, 0.3) is 0 Å². The van der Waals surface area contributed by atoms with Gasteiger partial charge in [0.05, 0.1) is 25.8 Å². The van der Waals surface area contributed by atoms with Gasteiger partial charge in [0.15, 0.2) is 0 Å². The largest absolute Gasteiger partial charge is 0.374 e. The number of fused-ring (bicyclic) bond motifs is 1. The Labute approximate surface area is 144 Å². The van der Waals surface area contributed by atoms with Crippen molar-refractivity contribution in [3.63, 3.8) is 0 Å². The number of nitrogens with zero attached hydrogens (tertiary/aromatic N) is 5. The van der Waals surface area contributed by atoms with Crippen molar-refractivity contribution in [2.45, 2.75) is 25.6 Å². The Balaban J connectivity index is 1.31. The summed E-state index contributed by atoms with van der Waals surface area (Å²) in [6.45, 7) is 4.94. The number of hydrogen-bond donors (Lipinski definition) is 0. The smallest absolute Gasteiger partial charge is 0.237 e. The van der Waals surface area contributed by atoms with E-state index in [4.69, 9.17) is 4.74 Å². The Bertz CT molecular complexity index is 686. The van der Waals surface area contributed by atoms with Crippen molar-refractivity contribution in [3.8, 4) is 0 Å². The number of rotatable bonds is 4. The van der Waals surface area contributed by atoms with Gasteiger partial charge in [0.1, 0.15) is 12.7 Å². The molecule has 1 fully saturated rings. The van der Waals surface area contributed by atoms with Gasteiger partial charge in [-0.15, -0.1) is 11.3 Å². The van der Waals surface area contributed by atoms with Crippen LogP contribution in [0.4, 0.5) is 0 Å². The summed E-state index contributed by atoms with van der Waals surface area (Å²) in [6.07, 6.45) is 4.26. The summed E-state index contributed by atoms with van der Waals surface area (Å²) in [5.41, 5.74) is 1.31. The first-order chi connectivity index (χ1) is 11.8. The molecule has 2 aliphatic rings. The monoisotopic (exact) mass is 347 g/mol. The summed E-state index contributed by atoms with van der Waals surface area (Å²) >= 11 is 1.80. The van der Waals surface area contributed by atoms with E-state index in [1.165, 1.54) is 16.8 Å². The molecule has 2 aromatic rings. The van der Waals surface area contributed by atoms with Crippen molar-refractivity contribution < 1.29 is 9.53 Å². The third-order valence-corrected chi connectivity index (χ3v) is 5.62. The van der Waals surface area contributed by atoms with Crippen molar-refractivity contribution in [2.24, 2.45) is 0 Å². The average Bonchev–Trinajstić information content (AvgIpc) is 3.25. The minimum Gasteiger partial charge on any atom is -0.374 e. The van der Waals surface area contributed by atoms with Crippen LogP contribution in [0.2, 0.25) is 0 Å². The van der Waals surface area contributed by atoms with Crippen LogP contribution in [0, 0.1) is 0 Å². The molecule has 7 nitrogen and oxygen atoms in total. The van der Waals surface area contributed by atoms with Crippen molar-refractivity contribution >= 4 is 17.2 Å². The molecular formula is C16H21N5O2S. The second kappa shape index (κ2) is 7.00. The highest BCUT2D eigenvalue weighted by molar-refractivity contribution is 7.10. The molecule has 0 unspecified atom stereocenters. The molecule has 0 aromatic carbocycles. The number of carbonyl (C=O) groups is 1. The zero-order valence-electron chi connectivity index (χ0n) is 13.5. The molecule has 1 amide bonds. The molecule has 0 radical (unpaired) electrons. The molecule has 128 valence electrons. The van der Waals surface area contributed by atoms with Crippen molar-refractivity contribution in [1.82, 2.24) is 24.6 Å². The van der Waals surface area contributed by atoms with Gasteiger partial charge in [-0.1, -0.05) is 0 Å². The molecule has 1 atom stereocenters. The molecule has 4 rings (SSSR count). The number of morpholine rings is 1. The Morgan fingerprint density at radius 1 is 1.42 bits per heavy atom. The van der Waals surface area contributed by atoms with Crippen LogP contribution >= 0.6 is 11.3 Å². The van der Waals surface area contributed by atoms with Crippen LogP contribution in [0.3, 0.4) is 0 Å². The number of thiophene rings is 1. The van der Waals surface area contributed by atoms with Crippen molar-refractivity contribution in [2.75, 3.05) is 32.8 Å². The van der Waals surface area contributed by atoms with Gasteiger partial charge < -0.3 is 9.64 Å². The highest BCUT2D eigenvalue weighted by Gasteiger charge is 2.26. The Kier molecular flexibility index (Phi) is 4.59. The zero-order valence-corrected chi connectivity index (χ0v) is 14.3. The van der Waals surface area contributed by atoms with Gasteiger partial charge in [0.2, 0.25) is 5.91 Å². The van der Waals surface area contributed by atoms with Crippen LogP contribution in [0.1, 0.15) is 10.4 Å². The fourth-order valence-electron chi connectivity index (χ4n) is 3.32. The van der Waals surface area contributed by atoms with E-state index in [0.717, 1.165) is 32.6 Å². The molecule has 4 heterocycles. The SMILES string of the molecule is O=C(CN1CCO[C@H](Cn2cncn2)C1)N1CCc2sccc2C1. The summed E-state index contributed by atoms with van der Waals surface area (Å²) in [4.78, 5) is 22.2. The second-order valence-corrected chi connectivity index (χ2v) is 7.28. The number of hydrogen-bond acceptors (Lipinski definition) is 6. The normalized spacial score (nSPS) is 21.7. The van der Waals surface area contributed by atoms with Gasteiger partial charge in [-0.25, -0.2) is 4.98 Å². The summed E-state index contributed by atoms with van der Waals surface area (Å²) in [7, 11) is 0. The molecule has 0 aliphatic carbocycles. The topological polar surface area (TPSA) is 63.5 Å². The lowest BCUT2D eigenvalue weighted by Crippen LogP contribution is -2.49. The molecule has 0 bridgehead atoms. The van der Waals surface area contributed by atoms with Crippen LogP contribution in [0.5, 0.6) is 0 Å². The Morgan fingerprint density at radius 2 is 2.38 bits per heavy atom. The molecule has 24 heavy (non-hydrogen) atoms. The zero-order chi connectivity index (χ0) is 16.4. The van der Waals surface area contributed by atoms with E-state index >= 15 is 0 Å². The third-order valence-electron chi connectivity index (χ3n) is 4.60. The molecule has 0 N–H and O–H groups in total. The molecule has 2 aromatic heterocycles. The molecule has 0 spiro atoms. The highest BCUT2D eigenvalue weighted by Crippen LogP contribution is 2.24. The van der Waals surface area contributed by atoms with Gasteiger partial charge >= 0.3 is 0 Å².